The number of thiazole rings is 1. The topological polar surface area (TPSA) is 148 Å². The fourth-order valence-electron chi connectivity index (χ4n) is 8.59. The highest BCUT2D eigenvalue weighted by molar-refractivity contribution is 7.10. The summed E-state index contributed by atoms with van der Waals surface area (Å²) in [6.45, 7) is 13.0. The Labute approximate surface area is 344 Å². The van der Waals surface area contributed by atoms with E-state index in [1.54, 1.807) is 27.2 Å². The van der Waals surface area contributed by atoms with Gasteiger partial charge in [0.2, 0.25) is 5.91 Å². The number of pyridine rings is 1. The van der Waals surface area contributed by atoms with Gasteiger partial charge in [0.15, 0.2) is 0 Å². The number of nitrogens with zero attached hydrogens (tertiary/aromatic N) is 4. The van der Waals surface area contributed by atoms with Gasteiger partial charge in [-0.2, -0.15) is 0 Å². The molecule has 58 heavy (non-hydrogen) atoms. The first-order valence-corrected chi connectivity index (χ1v) is 21.4. The Kier molecular flexibility index (Phi) is 10.8. The Morgan fingerprint density at radius 1 is 1.21 bits per heavy atom. The van der Waals surface area contributed by atoms with Gasteiger partial charge in [-0.15, -0.1) is 11.3 Å². The molecule has 6 heterocycles. The lowest BCUT2D eigenvalue weighted by molar-refractivity contribution is -0.155. The lowest BCUT2D eigenvalue weighted by Gasteiger charge is -2.35. The summed E-state index contributed by atoms with van der Waals surface area (Å²) in [5, 5.41) is 18.9. The van der Waals surface area contributed by atoms with Gasteiger partial charge in [-0.05, 0) is 94.5 Å². The Morgan fingerprint density at radius 2 is 2.00 bits per heavy atom. The number of fused-ring (bicyclic) bond motifs is 6. The average molecular weight is 807 g/mol. The molecule has 0 spiro atoms. The van der Waals surface area contributed by atoms with Gasteiger partial charge >= 0.3 is 5.97 Å². The van der Waals surface area contributed by atoms with Gasteiger partial charge in [-0.1, -0.05) is 32.6 Å². The maximum Gasteiger partial charge on any atom is 0.324 e. The average Bonchev–Trinajstić information content (AvgIpc) is 3.61. The van der Waals surface area contributed by atoms with Crippen LogP contribution in [-0.2, 0) is 49.7 Å². The van der Waals surface area contributed by atoms with E-state index in [0.29, 0.717) is 31.4 Å². The summed E-state index contributed by atoms with van der Waals surface area (Å²) in [5.41, 5.74) is 10.2. The zero-order valence-electron chi connectivity index (χ0n) is 34.5. The fraction of sp³-hybridized carbons (Fsp3) is 0.533. The Bertz CT molecular complexity index is 2350. The maximum atomic E-state index is 14.1. The van der Waals surface area contributed by atoms with Crippen LogP contribution in [0.1, 0.15) is 101 Å². The Balaban J connectivity index is 1.30. The second-order valence-electron chi connectivity index (χ2n) is 17.9. The number of nitrogens with one attached hydrogen (secondary N) is 2. The van der Waals surface area contributed by atoms with E-state index in [0.717, 1.165) is 75.5 Å². The first-order valence-electron chi connectivity index (χ1n) is 20.5. The van der Waals surface area contributed by atoms with Gasteiger partial charge in [0.1, 0.15) is 17.7 Å². The molecule has 0 radical (unpaired) electrons. The number of methoxy groups -OCH3 is 1. The van der Waals surface area contributed by atoms with Crippen LogP contribution in [0, 0.1) is 29.1 Å². The van der Waals surface area contributed by atoms with Crippen LogP contribution < -0.4 is 10.7 Å². The van der Waals surface area contributed by atoms with Crippen molar-refractivity contribution >= 4 is 40.0 Å². The van der Waals surface area contributed by atoms with E-state index < -0.39 is 29.1 Å². The molecule has 2 fully saturated rings. The van der Waals surface area contributed by atoms with Crippen LogP contribution in [-0.4, -0.2) is 80.4 Å². The zero-order chi connectivity index (χ0) is 41.1. The monoisotopic (exact) mass is 806 g/mol. The highest BCUT2D eigenvalue weighted by atomic mass is 32.1. The van der Waals surface area contributed by atoms with Crippen LogP contribution in [0.4, 0.5) is 0 Å². The van der Waals surface area contributed by atoms with E-state index in [2.05, 4.69) is 59.2 Å². The summed E-state index contributed by atoms with van der Waals surface area (Å²) in [6, 6.07) is 4.99. The molecule has 3 aromatic heterocycles. The molecule has 1 aromatic carbocycles. The van der Waals surface area contributed by atoms with Crippen molar-refractivity contribution in [2.45, 2.75) is 117 Å². The molecule has 4 aromatic rings. The van der Waals surface area contributed by atoms with E-state index in [9.17, 15) is 19.5 Å². The number of esters is 1. The van der Waals surface area contributed by atoms with Crippen molar-refractivity contribution in [3.05, 3.63) is 57.2 Å². The lowest BCUT2D eigenvalue weighted by Crippen LogP contribution is -2.60. The van der Waals surface area contributed by atoms with Crippen molar-refractivity contribution in [2.24, 2.45) is 17.3 Å². The minimum atomic E-state index is -1.17. The lowest BCUT2D eigenvalue weighted by atomic mass is 9.83. The van der Waals surface area contributed by atoms with E-state index in [4.69, 9.17) is 19.4 Å². The number of aromatic nitrogens is 3. The first-order chi connectivity index (χ1) is 27.6. The van der Waals surface area contributed by atoms with Crippen LogP contribution in [0.5, 0.6) is 0 Å². The van der Waals surface area contributed by atoms with E-state index >= 15 is 0 Å². The summed E-state index contributed by atoms with van der Waals surface area (Å²) in [5.74, 6) is 5.47. The van der Waals surface area contributed by atoms with E-state index in [1.807, 2.05) is 19.2 Å². The molecule has 4 aliphatic rings. The van der Waals surface area contributed by atoms with Crippen molar-refractivity contribution in [1.29, 1.82) is 0 Å². The standard InChI is InChI=1S/C45H54N6O6S/c1-25-16-30(25)41(52)48-35-20-37-47-36(23-58-37)29-18-28-10-8-14-50-39(28)31(19-29)33(21-44(3,4)24-57-43(54)34-11-9-15-51(49-34)42(35)53)40(50)32-17-27(12-13-45(5,6)55)22-46-38(32)26(2)56-7/h17-19,22-23,25-26,30,34-35,49,55H,8-11,14-16,20-21,24H2,1-7H3,(H,48,52)/t25-,26-,30-,34-,35-/m0/s1. The minimum Gasteiger partial charge on any atom is -0.464 e. The zero-order valence-corrected chi connectivity index (χ0v) is 35.3. The van der Waals surface area contributed by atoms with Gasteiger partial charge < -0.3 is 24.5 Å². The van der Waals surface area contributed by atoms with E-state index in [1.165, 1.54) is 21.9 Å². The third-order valence-electron chi connectivity index (χ3n) is 11.9. The number of hydrogen-bond acceptors (Lipinski definition) is 10. The number of hydrogen-bond donors (Lipinski definition) is 3. The second kappa shape index (κ2) is 15.5. The summed E-state index contributed by atoms with van der Waals surface area (Å²) in [7, 11) is 1.68. The van der Waals surface area contributed by atoms with Crippen LogP contribution in [0.2, 0.25) is 0 Å². The van der Waals surface area contributed by atoms with Crippen molar-refractivity contribution in [3.8, 4) is 34.4 Å². The SMILES string of the molecule is CO[C@@H](C)c1ncc(C#CC(C)(C)O)cc1-c1c2c3cc(cc4c3n1CCC4)-c1csc(n1)C[C@H](NC(=O)[C@H]1C[C@@H]1C)C(=O)N1CCC[C@H](N1)C(=O)OCC(C)(C)C2. The molecule has 3 aliphatic heterocycles. The molecule has 1 aliphatic carbocycles. The van der Waals surface area contributed by atoms with Gasteiger partial charge in [0, 0.05) is 71.6 Å². The number of amides is 2. The first kappa shape index (κ1) is 40.2. The molecular weight excluding hydrogens is 753 g/mol. The summed E-state index contributed by atoms with van der Waals surface area (Å²) in [4.78, 5) is 51.2. The largest absolute Gasteiger partial charge is 0.464 e. The molecule has 1 saturated carbocycles. The number of ether oxygens (including phenoxy) is 2. The highest BCUT2D eigenvalue weighted by Crippen LogP contribution is 2.45. The molecule has 5 atom stereocenters. The third kappa shape index (κ3) is 8.17. The summed E-state index contributed by atoms with van der Waals surface area (Å²) in [6.07, 6.45) is 6.02. The number of benzene rings is 1. The molecule has 6 bridgehead atoms. The molecule has 13 heteroatoms. The molecular formula is C45H54N6O6S. The molecule has 306 valence electrons. The summed E-state index contributed by atoms with van der Waals surface area (Å²) < 4.78 is 14.4. The fourth-order valence-corrected chi connectivity index (χ4v) is 9.44. The van der Waals surface area contributed by atoms with Gasteiger partial charge in [0.25, 0.3) is 5.91 Å². The van der Waals surface area contributed by atoms with Crippen LogP contribution in [0.3, 0.4) is 0 Å². The normalized spacial score (nSPS) is 23.7. The molecule has 12 nitrogen and oxygen atoms in total. The molecule has 1 saturated heterocycles. The smallest absolute Gasteiger partial charge is 0.324 e. The number of hydrazine groups is 1. The minimum absolute atomic E-state index is 0.101. The number of aliphatic hydroxyl groups is 1. The predicted molar refractivity (Wildman–Crippen MR) is 222 cm³/mol. The third-order valence-corrected chi connectivity index (χ3v) is 12.7. The number of rotatable bonds is 5. The van der Waals surface area contributed by atoms with Crippen LogP contribution in [0.15, 0.2) is 29.8 Å². The quantitative estimate of drug-likeness (QED) is 0.166. The molecule has 8 rings (SSSR count). The van der Waals surface area contributed by atoms with Crippen LogP contribution >= 0.6 is 11.3 Å². The van der Waals surface area contributed by atoms with Crippen molar-refractivity contribution < 1.29 is 29.0 Å². The number of cyclic esters (lactones) is 1. The second-order valence-corrected chi connectivity index (χ2v) is 18.9. The molecule has 0 unspecified atom stereocenters. The van der Waals surface area contributed by atoms with E-state index in [-0.39, 0.29) is 42.8 Å². The summed E-state index contributed by atoms with van der Waals surface area (Å²) >= 11 is 1.49. The predicted octanol–water partition coefficient (Wildman–Crippen LogP) is 5.91. The Hall–Kier alpha value is -4.61. The van der Waals surface area contributed by atoms with Crippen molar-refractivity contribution in [3.63, 3.8) is 0 Å². The number of carbonyl (C=O) groups excluding carboxylic acids is 3. The number of carbonyl (C=O) groups is 3. The van der Waals surface area contributed by atoms with Crippen molar-refractivity contribution in [1.82, 2.24) is 30.3 Å². The Morgan fingerprint density at radius 3 is 2.74 bits per heavy atom. The van der Waals surface area contributed by atoms with Gasteiger partial charge in [0.05, 0.1) is 40.3 Å². The highest BCUT2D eigenvalue weighted by Gasteiger charge is 2.42. The molecule has 3 N–H and O–H groups in total. The van der Waals surface area contributed by atoms with Crippen LogP contribution in [0.25, 0.3) is 33.4 Å². The number of aryl methyl sites for hydroxylation is 2. The van der Waals surface area contributed by atoms with Gasteiger partial charge in [-0.25, -0.2) is 10.4 Å². The molecule has 2 amide bonds. The maximum absolute atomic E-state index is 14.1. The van der Waals surface area contributed by atoms with Gasteiger partial charge in [-0.3, -0.25) is 24.4 Å². The van der Waals surface area contributed by atoms with Crippen molar-refractivity contribution in [2.75, 3.05) is 20.3 Å².